The van der Waals surface area contributed by atoms with Gasteiger partial charge in [0.05, 0.1) is 11.2 Å². The van der Waals surface area contributed by atoms with Crippen LogP contribution in [0.3, 0.4) is 0 Å². The molecule has 0 spiro atoms. The maximum atomic E-state index is 12.8. The van der Waals surface area contributed by atoms with Gasteiger partial charge < -0.3 is 19.4 Å². The lowest BCUT2D eigenvalue weighted by molar-refractivity contribution is -0.151. The average Bonchev–Trinajstić information content (AvgIpc) is 3.27. The van der Waals surface area contributed by atoms with Crippen molar-refractivity contribution in [3.63, 3.8) is 0 Å². The van der Waals surface area contributed by atoms with Gasteiger partial charge in [-0.2, -0.15) is 0 Å². The molecular formula is C25H39BClNO4. The normalized spacial score (nSPS) is 21.3. The van der Waals surface area contributed by atoms with Crippen LogP contribution in [0.25, 0.3) is 0 Å². The second kappa shape index (κ2) is 10.5. The van der Waals surface area contributed by atoms with E-state index < -0.39 is 7.12 Å². The van der Waals surface area contributed by atoms with Gasteiger partial charge in [0.1, 0.15) is 12.1 Å². The molecule has 2 fully saturated rings. The average molecular weight is 464 g/mol. The van der Waals surface area contributed by atoms with Crippen molar-refractivity contribution in [2.24, 2.45) is 5.92 Å². The van der Waals surface area contributed by atoms with E-state index in [0.717, 1.165) is 43.1 Å². The van der Waals surface area contributed by atoms with Gasteiger partial charge in [0.2, 0.25) is 0 Å². The molecule has 3 rings (SSSR count). The maximum Gasteiger partial charge on any atom is 0.494 e. The van der Waals surface area contributed by atoms with E-state index in [4.69, 9.17) is 25.6 Å². The highest BCUT2D eigenvalue weighted by molar-refractivity contribution is 6.62. The summed E-state index contributed by atoms with van der Waals surface area (Å²) >= 11 is 6.49. The van der Waals surface area contributed by atoms with E-state index in [0.29, 0.717) is 23.9 Å². The molecular weight excluding hydrogens is 425 g/mol. The number of carbonyl (C=O) groups is 1. The molecule has 0 unspecified atom stereocenters. The lowest BCUT2D eigenvalue weighted by atomic mass is 9.78. The number of rotatable bonds is 9. The van der Waals surface area contributed by atoms with E-state index in [1.165, 1.54) is 0 Å². The molecule has 0 radical (unpaired) electrons. The van der Waals surface area contributed by atoms with E-state index in [1.807, 2.05) is 39.8 Å². The van der Waals surface area contributed by atoms with Crippen LogP contribution in [0.1, 0.15) is 79.2 Å². The molecule has 1 atom stereocenters. The number of carbonyl (C=O) groups excluding carboxylic acids is 1. The number of esters is 1. The Morgan fingerprint density at radius 2 is 1.81 bits per heavy atom. The van der Waals surface area contributed by atoms with E-state index in [2.05, 4.69) is 25.2 Å². The third-order valence-corrected chi connectivity index (χ3v) is 7.33. The van der Waals surface area contributed by atoms with E-state index in [-0.39, 0.29) is 29.3 Å². The van der Waals surface area contributed by atoms with Crippen molar-refractivity contribution in [3.8, 4) is 0 Å². The van der Waals surface area contributed by atoms with Gasteiger partial charge in [0.25, 0.3) is 0 Å². The summed E-state index contributed by atoms with van der Waals surface area (Å²) in [5, 5.41) is 4.13. The Kier molecular flexibility index (Phi) is 8.35. The first kappa shape index (κ1) is 25.5. The van der Waals surface area contributed by atoms with Crippen molar-refractivity contribution in [1.82, 2.24) is 5.32 Å². The Balaban J connectivity index is 1.61. The highest BCUT2D eigenvalue weighted by Crippen LogP contribution is 2.36. The zero-order chi connectivity index (χ0) is 23.5. The molecule has 178 valence electrons. The second-order valence-electron chi connectivity index (χ2n) is 10.7. The molecule has 0 amide bonds. The topological polar surface area (TPSA) is 56.8 Å². The number of ether oxygens (including phenoxy) is 1. The number of hydrogen-bond acceptors (Lipinski definition) is 5. The highest BCUT2D eigenvalue weighted by Gasteiger charge is 2.51. The summed E-state index contributed by atoms with van der Waals surface area (Å²) < 4.78 is 18.1. The van der Waals surface area contributed by atoms with Crippen LogP contribution in [0.5, 0.6) is 0 Å². The molecule has 7 heteroatoms. The predicted octanol–water partition coefficient (Wildman–Crippen LogP) is 4.67. The first-order chi connectivity index (χ1) is 15.0. The Morgan fingerprint density at radius 1 is 1.19 bits per heavy atom. The molecule has 32 heavy (non-hydrogen) atoms. The van der Waals surface area contributed by atoms with Crippen LogP contribution in [0.15, 0.2) is 18.2 Å². The fourth-order valence-corrected chi connectivity index (χ4v) is 4.49. The summed E-state index contributed by atoms with van der Waals surface area (Å²) in [7, 11) is -0.418. The SMILES string of the molecule is CC(C)C[C@@H](NCCc1cc(B2OC(C)(C)C(C)(C)O2)ccc1Cl)C(=O)OC1CCCC1. The Morgan fingerprint density at radius 3 is 2.41 bits per heavy atom. The monoisotopic (exact) mass is 463 g/mol. The van der Waals surface area contributed by atoms with Gasteiger partial charge in [0, 0.05) is 11.6 Å². The summed E-state index contributed by atoms with van der Waals surface area (Å²) in [6.07, 6.45) is 5.83. The Bertz CT molecular complexity index is 776. The second-order valence-corrected chi connectivity index (χ2v) is 11.1. The van der Waals surface area contributed by atoms with Crippen LogP contribution in [0.2, 0.25) is 5.02 Å². The van der Waals surface area contributed by atoms with Crippen LogP contribution in [0.4, 0.5) is 0 Å². The quantitative estimate of drug-likeness (QED) is 0.426. The van der Waals surface area contributed by atoms with Gasteiger partial charge in [0.15, 0.2) is 0 Å². The van der Waals surface area contributed by atoms with Gasteiger partial charge in [-0.15, -0.1) is 0 Å². The summed E-state index contributed by atoms with van der Waals surface area (Å²) in [4.78, 5) is 12.8. The van der Waals surface area contributed by atoms with Gasteiger partial charge >= 0.3 is 13.1 Å². The summed E-state index contributed by atoms with van der Waals surface area (Å²) in [5.41, 5.74) is 1.20. The molecule has 1 aromatic rings. The standard InChI is InChI=1S/C25H39BClNO4/c1-17(2)15-22(23(29)30-20-9-7-8-10-20)28-14-13-18-16-19(11-12-21(18)27)26-31-24(3,4)25(5,6)32-26/h11-12,16-17,20,22,28H,7-10,13-15H2,1-6H3/t22-/m1/s1. The lowest BCUT2D eigenvalue weighted by Gasteiger charge is -2.32. The van der Waals surface area contributed by atoms with E-state index >= 15 is 0 Å². The predicted molar refractivity (Wildman–Crippen MR) is 130 cm³/mol. The van der Waals surface area contributed by atoms with Crippen molar-refractivity contribution in [2.75, 3.05) is 6.54 Å². The van der Waals surface area contributed by atoms with Crippen LogP contribution in [0, 0.1) is 5.92 Å². The third-order valence-electron chi connectivity index (χ3n) is 6.96. The van der Waals surface area contributed by atoms with Crippen molar-refractivity contribution < 1.29 is 18.8 Å². The van der Waals surface area contributed by atoms with Gasteiger partial charge in [-0.25, -0.2) is 0 Å². The molecule has 2 aliphatic rings. The number of halogens is 1. The Labute approximate surface area is 199 Å². The maximum absolute atomic E-state index is 12.8. The number of hydrogen-bond donors (Lipinski definition) is 1. The van der Waals surface area contributed by atoms with Gasteiger partial charge in [-0.05, 0) is 89.2 Å². The summed E-state index contributed by atoms with van der Waals surface area (Å²) in [5.74, 6) is 0.279. The molecule has 1 saturated heterocycles. The smallest absolute Gasteiger partial charge is 0.461 e. The minimum atomic E-state index is -0.418. The van der Waals surface area contributed by atoms with Crippen molar-refractivity contribution in [2.45, 2.75) is 103 Å². The molecule has 1 aliphatic carbocycles. The van der Waals surface area contributed by atoms with Crippen molar-refractivity contribution >= 4 is 30.2 Å². The molecule has 0 aromatic heterocycles. The van der Waals surface area contributed by atoms with Crippen LogP contribution >= 0.6 is 11.6 Å². The van der Waals surface area contributed by atoms with Crippen molar-refractivity contribution in [3.05, 3.63) is 28.8 Å². The number of nitrogens with one attached hydrogen (secondary N) is 1. The van der Waals surface area contributed by atoms with Crippen LogP contribution in [-0.2, 0) is 25.3 Å². The molecule has 5 nitrogen and oxygen atoms in total. The first-order valence-corrected chi connectivity index (χ1v) is 12.4. The Hall–Kier alpha value is -1.08. The molecule has 1 aromatic carbocycles. The van der Waals surface area contributed by atoms with Crippen molar-refractivity contribution in [1.29, 1.82) is 0 Å². The van der Waals surface area contributed by atoms with E-state index in [9.17, 15) is 4.79 Å². The van der Waals surface area contributed by atoms with Crippen LogP contribution < -0.4 is 10.8 Å². The van der Waals surface area contributed by atoms with E-state index in [1.54, 1.807) is 0 Å². The zero-order valence-electron chi connectivity index (χ0n) is 20.5. The zero-order valence-corrected chi connectivity index (χ0v) is 21.3. The number of benzene rings is 1. The largest absolute Gasteiger partial charge is 0.494 e. The minimum Gasteiger partial charge on any atom is -0.461 e. The summed E-state index contributed by atoms with van der Waals surface area (Å²) in [6, 6.07) is 5.63. The van der Waals surface area contributed by atoms with Crippen LogP contribution in [-0.4, -0.2) is 43.0 Å². The lowest BCUT2D eigenvalue weighted by Crippen LogP contribution is -2.41. The molecule has 1 saturated carbocycles. The summed E-state index contributed by atoms with van der Waals surface area (Å²) in [6.45, 7) is 13.1. The molecule has 1 N–H and O–H groups in total. The fraction of sp³-hybridized carbons (Fsp3) is 0.720. The van der Waals surface area contributed by atoms with Gasteiger partial charge in [-0.1, -0.05) is 37.6 Å². The molecule has 1 aliphatic heterocycles. The fourth-order valence-electron chi connectivity index (χ4n) is 4.28. The van der Waals surface area contributed by atoms with Gasteiger partial charge in [-0.3, -0.25) is 4.79 Å². The molecule has 1 heterocycles. The first-order valence-electron chi connectivity index (χ1n) is 12.1. The molecule has 0 bridgehead atoms. The highest BCUT2D eigenvalue weighted by atomic mass is 35.5. The minimum absolute atomic E-state index is 0.0880. The third kappa shape index (κ3) is 6.28.